The lowest BCUT2D eigenvalue weighted by atomic mass is 10.0. The molecule has 19 heavy (non-hydrogen) atoms. The van der Waals surface area contributed by atoms with E-state index in [1.807, 2.05) is 18.0 Å². The van der Waals surface area contributed by atoms with E-state index in [2.05, 4.69) is 0 Å². The first-order valence-electron chi connectivity index (χ1n) is 5.98. The van der Waals surface area contributed by atoms with Gasteiger partial charge in [0.15, 0.2) is 0 Å². The zero-order valence-corrected chi connectivity index (χ0v) is 11.4. The fourth-order valence-corrected chi connectivity index (χ4v) is 2.28. The molecule has 5 heteroatoms. The Bertz CT molecular complexity index is 530. The minimum atomic E-state index is -0.293. The molecule has 0 saturated heterocycles. The molecule has 1 aromatic heterocycles. The van der Waals surface area contributed by atoms with Crippen molar-refractivity contribution in [1.29, 1.82) is 0 Å². The quantitative estimate of drug-likeness (QED) is 0.916. The van der Waals surface area contributed by atoms with Gasteiger partial charge in [0, 0.05) is 35.3 Å². The zero-order valence-electron chi connectivity index (χ0n) is 10.6. The molecule has 1 atom stereocenters. The molecule has 0 spiro atoms. The van der Waals surface area contributed by atoms with Crippen molar-refractivity contribution in [3.63, 3.8) is 0 Å². The highest BCUT2D eigenvalue weighted by atomic mass is 35.5. The molecule has 1 unspecified atom stereocenters. The molecule has 0 saturated carbocycles. The van der Waals surface area contributed by atoms with Crippen LogP contribution in [0.4, 0.5) is 4.39 Å². The Kier molecular flexibility index (Phi) is 4.58. The zero-order chi connectivity index (χ0) is 13.8. The number of nitrogens with zero attached hydrogens (tertiary/aromatic N) is 1. The van der Waals surface area contributed by atoms with Crippen molar-refractivity contribution in [2.75, 3.05) is 13.6 Å². The van der Waals surface area contributed by atoms with E-state index in [1.54, 1.807) is 18.6 Å². The van der Waals surface area contributed by atoms with Crippen molar-refractivity contribution in [2.45, 2.75) is 12.6 Å². The summed E-state index contributed by atoms with van der Waals surface area (Å²) in [5.41, 5.74) is 7.31. The van der Waals surface area contributed by atoms with Gasteiger partial charge in [0.05, 0.1) is 12.5 Å². The summed E-state index contributed by atoms with van der Waals surface area (Å²) in [6.07, 6.45) is 3.28. The van der Waals surface area contributed by atoms with Gasteiger partial charge in [0.25, 0.3) is 0 Å². The van der Waals surface area contributed by atoms with Crippen LogP contribution < -0.4 is 5.73 Å². The van der Waals surface area contributed by atoms with Gasteiger partial charge in [-0.05, 0) is 31.3 Å². The molecule has 0 bridgehead atoms. The van der Waals surface area contributed by atoms with Crippen molar-refractivity contribution in [3.05, 3.63) is 58.8 Å². The number of nitrogens with two attached hydrogens (primary N) is 1. The second-order valence-electron chi connectivity index (χ2n) is 4.46. The lowest BCUT2D eigenvalue weighted by Crippen LogP contribution is -2.30. The largest absolute Gasteiger partial charge is 0.472 e. The molecular weight excluding hydrogens is 267 g/mol. The highest BCUT2D eigenvalue weighted by molar-refractivity contribution is 6.30. The maximum absolute atomic E-state index is 13.9. The van der Waals surface area contributed by atoms with Crippen LogP contribution in [0.3, 0.4) is 0 Å². The molecule has 1 heterocycles. The van der Waals surface area contributed by atoms with Crippen LogP contribution in [0.25, 0.3) is 0 Å². The highest BCUT2D eigenvalue weighted by Gasteiger charge is 2.19. The van der Waals surface area contributed by atoms with Gasteiger partial charge in [-0.1, -0.05) is 11.6 Å². The van der Waals surface area contributed by atoms with Crippen molar-refractivity contribution in [2.24, 2.45) is 5.73 Å². The van der Waals surface area contributed by atoms with Crippen LogP contribution in [-0.2, 0) is 6.54 Å². The fourth-order valence-electron chi connectivity index (χ4n) is 2.10. The van der Waals surface area contributed by atoms with Gasteiger partial charge in [-0.25, -0.2) is 4.39 Å². The summed E-state index contributed by atoms with van der Waals surface area (Å²) in [6, 6.07) is 6.17. The van der Waals surface area contributed by atoms with Crippen LogP contribution in [0.15, 0.2) is 41.2 Å². The number of hydrogen-bond donors (Lipinski definition) is 1. The summed E-state index contributed by atoms with van der Waals surface area (Å²) < 4.78 is 18.9. The molecule has 0 aliphatic rings. The van der Waals surface area contributed by atoms with E-state index >= 15 is 0 Å². The number of halogens is 2. The van der Waals surface area contributed by atoms with E-state index in [4.69, 9.17) is 21.8 Å². The molecule has 0 amide bonds. The average molecular weight is 283 g/mol. The molecule has 0 aliphatic carbocycles. The third-order valence-corrected chi connectivity index (χ3v) is 3.32. The second kappa shape index (κ2) is 6.19. The molecule has 102 valence electrons. The monoisotopic (exact) mass is 282 g/mol. The van der Waals surface area contributed by atoms with E-state index in [0.717, 1.165) is 5.56 Å². The Morgan fingerprint density at radius 1 is 1.42 bits per heavy atom. The van der Waals surface area contributed by atoms with Gasteiger partial charge in [-0.2, -0.15) is 0 Å². The second-order valence-corrected chi connectivity index (χ2v) is 4.90. The summed E-state index contributed by atoms with van der Waals surface area (Å²) in [7, 11) is 1.89. The van der Waals surface area contributed by atoms with Gasteiger partial charge in [0.1, 0.15) is 5.82 Å². The minimum Gasteiger partial charge on any atom is -0.472 e. The summed E-state index contributed by atoms with van der Waals surface area (Å²) in [4.78, 5) is 1.97. The lowest BCUT2D eigenvalue weighted by molar-refractivity contribution is 0.236. The molecule has 2 aromatic rings. The molecule has 0 aliphatic heterocycles. The van der Waals surface area contributed by atoms with Crippen LogP contribution >= 0.6 is 11.6 Å². The van der Waals surface area contributed by atoms with Gasteiger partial charge in [-0.3, -0.25) is 4.90 Å². The highest BCUT2D eigenvalue weighted by Crippen LogP contribution is 2.25. The number of benzene rings is 1. The Labute approximate surface area is 116 Å². The van der Waals surface area contributed by atoms with E-state index in [-0.39, 0.29) is 11.9 Å². The summed E-state index contributed by atoms with van der Waals surface area (Å²) in [5.74, 6) is -0.293. The topological polar surface area (TPSA) is 42.4 Å². The summed E-state index contributed by atoms with van der Waals surface area (Å²) >= 11 is 5.92. The Hall–Kier alpha value is -1.36. The Balaban J connectivity index is 2.21. The number of hydrogen-bond acceptors (Lipinski definition) is 3. The maximum Gasteiger partial charge on any atom is 0.128 e. The van der Waals surface area contributed by atoms with E-state index in [1.165, 1.54) is 12.1 Å². The molecule has 1 aromatic carbocycles. The average Bonchev–Trinajstić information content (AvgIpc) is 2.87. The van der Waals surface area contributed by atoms with Crippen LogP contribution in [0.2, 0.25) is 5.02 Å². The third kappa shape index (κ3) is 3.35. The first-order chi connectivity index (χ1) is 9.11. The molecular formula is C14H16ClFN2O. The standard InChI is InChI=1S/C14H16ClFN2O/c1-18(8-10-4-5-19-9-10)14(7-17)12-6-11(15)2-3-13(12)16/h2-6,9,14H,7-8,17H2,1H3. The van der Waals surface area contributed by atoms with Crippen LogP contribution in [0.1, 0.15) is 17.2 Å². The van der Waals surface area contributed by atoms with Gasteiger partial charge < -0.3 is 10.2 Å². The summed E-state index contributed by atoms with van der Waals surface area (Å²) in [6.45, 7) is 0.940. The first-order valence-corrected chi connectivity index (χ1v) is 6.36. The normalized spacial score (nSPS) is 12.9. The molecule has 2 N–H and O–H groups in total. The Morgan fingerprint density at radius 3 is 2.84 bits per heavy atom. The van der Waals surface area contributed by atoms with Crippen molar-refractivity contribution in [1.82, 2.24) is 4.90 Å². The molecule has 3 nitrogen and oxygen atoms in total. The number of furan rings is 1. The van der Waals surface area contributed by atoms with E-state index in [9.17, 15) is 4.39 Å². The first kappa shape index (κ1) is 14.1. The SMILES string of the molecule is CN(Cc1ccoc1)C(CN)c1cc(Cl)ccc1F. The van der Waals surface area contributed by atoms with Crippen molar-refractivity contribution < 1.29 is 8.81 Å². The predicted molar refractivity (Wildman–Crippen MR) is 73.4 cm³/mol. The van der Waals surface area contributed by atoms with E-state index < -0.39 is 0 Å². The summed E-state index contributed by atoms with van der Waals surface area (Å²) in [5, 5.41) is 0.506. The van der Waals surface area contributed by atoms with Gasteiger partial charge in [-0.15, -0.1) is 0 Å². The van der Waals surface area contributed by atoms with Gasteiger partial charge in [0.2, 0.25) is 0 Å². The van der Waals surface area contributed by atoms with Crippen LogP contribution in [0, 0.1) is 5.82 Å². The van der Waals surface area contributed by atoms with Crippen molar-refractivity contribution >= 4 is 11.6 Å². The predicted octanol–water partition coefficient (Wildman–Crippen LogP) is 3.20. The van der Waals surface area contributed by atoms with Crippen LogP contribution in [0.5, 0.6) is 0 Å². The Morgan fingerprint density at radius 2 is 2.21 bits per heavy atom. The maximum atomic E-state index is 13.9. The van der Waals surface area contributed by atoms with E-state index in [0.29, 0.717) is 23.7 Å². The van der Waals surface area contributed by atoms with Crippen molar-refractivity contribution in [3.8, 4) is 0 Å². The molecule has 0 radical (unpaired) electrons. The molecule has 2 rings (SSSR count). The lowest BCUT2D eigenvalue weighted by Gasteiger charge is -2.27. The minimum absolute atomic E-state index is 0.228. The van der Waals surface area contributed by atoms with Gasteiger partial charge >= 0.3 is 0 Å². The smallest absolute Gasteiger partial charge is 0.128 e. The number of rotatable bonds is 5. The fraction of sp³-hybridized carbons (Fsp3) is 0.286. The van der Waals surface area contributed by atoms with Crippen LogP contribution in [-0.4, -0.2) is 18.5 Å². The number of likely N-dealkylation sites (N-methyl/N-ethyl adjacent to an activating group) is 1. The molecule has 0 fully saturated rings. The third-order valence-electron chi connectivity index (χ3n) is 3.08.